The molecule has 4 atom stereocenters. The highest BCUT2D eigenvalue weighted by molar-refractivity contribution is 5.84. The molecule has 1 fully saturated rings. The second kappa shape index (κ2) is 12.3. The number of para-hydroxylation sites is 1. The number of likely N-dealkylation sites (N-methyl/N-ethyl adjacent to an activating group) is 1. The fourth-order valence-electron chi connectivity index (χ4n) is 3.56. The average molecular weight is 505 g/mol. The quantitative estimate of drug-likeness (QED) is 0.148. The molecular weight excluding hydrogens is 479 g/mol. The number of nitrogens with zero attached hydrogens (tertiary/aromatic N) is 5. The number of azide groups is 1. The van der Waals surface area contributed by atoms with Crippen LogP contribution < -0.4 is 0 Å². The monoisotopic (exact) mass is 505 g/mol. The van der Waals surface area contributed by atoms with Crippen molar-refractivity contribution in [3.8, 4) is 0 Å². The molecule has 2 aromatic rings. The van der Waals surface area contributed by atoms with E-state index in [1.807, 2.05) is 30.3 Å². The van der Waals surface area contributed by atoms with Crippen molar-refractivity contribution in [1.82, 2.24) is 4.90 Å². The lowest BCUT2D eigenvalue weighted by Crippen LogP contribution is -2.51. The Labute approximate surface area is 206 Å². The summed E-state index contributed by atoms with van der Waals surface area (Å²) >= 11 is 0. The van der Waals surface area contributed by atoms with Crippen LogP contribution in [0.3, 0.4) is 0 Å². The topological polar surface area (TPSA) is 109 Å². The summed E-state index contributed by atoms with van der Waals surface area (Å²) in [6, 6.07) is 15.0. The number of carbonyl (C=O) groups is 1. The van der Waals surface area contributed by atoms with Crippen molar-refractivity contribution in [2.45, 2.75) is 57.0 Å². The molecular formula is C24H26F3N5O4. The van der Waals surface area contributed by atoms with Gasteiger partial charge in [0.1, 0.15) is 6.61 Å². The summed E-state index contributed by atoms with van der Waals surface area (Å²) in [6.45, 7) is 1.75. The van der Waals surface area contributed by atoms with Gasteiger partial charge in [-0.15, -0.1) is 0 Å². The number of halogens is 3. The van der Waals surface area contributed by atoms with E-state index in [2.05, 4.69) is 15.0 Å². The molecule has 36 heavy (non-hydrogen) atoms. The predicted molar refractivity (Wildman–Crippen MR) is 125 cm³/mol. The van der Waals surface area contributed by atoms with E-state index >= 15 is 0 Å². The Morgan fingerprint density at radius 3 is 2.42 bits per heavy atom. The molecule has 9 nitrogen and oxygen atoms in total. The zero-order valence-electron chi connectivity index (χ0n) is 19.7. The first kappa shape index (κ1) is 26.8. The Morgan fingerprint density at radius 2 is 1.81 bits per heavy atom. The van der Waals surface area contributed by atoms with E-state index in [1.54, 1.807) is 13.0 Å². The molecule has 192 valence electrons. The molecule has 1 heterocycles. The highest BCUT2D eigenvalue weighted by atomic mass is 19.4. The summed E-state index contributed by atoms with van der Waals surface area (Å²) in [5.74, 6) is -1.53. The molecule has 1 aliphatic heterocycles. The maximum absolute atomic E-state index is 13.7. The second-order valence-corrected chi connectivity index (χ2v) is 8.15. The van der Waals surface area contributed by atoms with Crippen LogP contribution >= 0.6 is 0 Å². The summed E-state index contributed by atoms with van der Waals surface area (Å²) in [7, 11) is 1.51. The normalized spacial score (nSPS) is 21.1. The van der Waals surface area contributed by atoms with E-state index in [0.29, 0.717) is 6.42 Å². The molecule has 1 unspecified atom stereocenters. The van der Waals surface area contributed by atoms with Crippen LogP contribution in [0.4, 0.5) is 23.7 Å². The van der Waals surface area contributed by atoms with E-state index in [9.17, 15) is 18.0 Å². The Hall–Kier alpha value is -3.76. The number of alkyl halides is 3. The van der Waals surface area contributed by atoms with Crippen LogP contribution in [0.25, 0.3) is 10.4 Å². The second-order valence-electron chi connectivity index (χ2n) is 8.15. The van der Waals surface area contributed by atoms with Crippen molar-refractivity contribution in [3.63, 3.8) is 0 Å². The number of amides is 1. The number of hydrogen-bond donors (Lipinski definition) is 0. The highest BCUT2D eigenvalue weighted by Crippen LogP contribution is 2.30. The fraction of sp³-hybridized carbons (Fsp3) is 0.417. The summed E-state index contributed by atoms with van der Waals surface area (Å²) in [4.78, 5) is 20.1. The molecule has 0 spiro atoms. The lowest BCUT2D eigenvalue weighted by atomic mass is 9.99. The van der Waals surface area contributed by atoms with Crippen molar-refractivity contribution >= 4 is 17.7 Å². The Bertz CT molecular complexity index is 1080. The summed E-state index contributed by atoms with van der Waals surface area (Å²) in [5.41, 5.74) is 9.72. The SMILES string of the molecule is C[C@@H]([C@@H]1CC[C@@H](N=[N+]=[N-])C(OC(=Nc2ccccc2)C(F)(F)F)O1)N(C)C(=O)OCc1ccccc1. The molecule has 0 radical (unpaired) electrons. The van der Waals surface area contributed by atoms with Gasteiger partial charge in [-0.2, -0.15) is 13.2 Å². The molecule has 0 saturated carbocycles. The zero-order chi connectivity index (χ0) is 26.1. The third-order valence-electron chi connectivity index (χ3n) is 5.67. The van der Waals surface area contributed by atoms with E-state index in [4.69, 9.17) is 19.7 Å². The van der Waals surface area contributed by atoms with Crippen molar-refractivity contribution in [3.05, 3.63) is 76.7 Å². The van der Waals surface area contributed by atoms with Crippen LogP contribution in [0, 0.1) is 0 Å². The highest BCUT2D eigenvalue weighted by Gasteiger charge is 2.44. The number of rotatable bonds is 7. The van der Waals surface area contributed by atoms with Crippen LogP contribution in [0.5, 0.6) is 0 Å². The molecule has 1 saturated heterocycles. The lowest BCUT2D eigenvalue weighted by molar-refractivity contribution is -0.191. The minimum Gasteiger partial charge on any atom is -0.445 e. The molecule has 0 bridgehead atoms. The zero-order valence-corrected chi connectivity index (χ0v) is 19.7. The van der Waals surface area contributed by atoms with Gasteiger partial charge in [-0.3, -0.25) is 0 Å². The van der Waals surface area contributed by atoms with Crippen molar-refractivity contribution < 1.29 is 32.2 Å². The third-order valence-corrected chi connectivity index (χ3v) is 5.67. The van der Waals surface area contributed by atoms with Gasteiger partial charge >= 0.3 is 12.3 Å². The smallest absolute Gasteiger partial charge is 0.445 e. The minimum absolute atomic E-state index is 0.0341. The lowest BCUT2D eigenvalue weighted by Gasteiger charge is -2.39. The Kier molecular flexibility index (Phi) is 9.15. The predicted octanol–water partition coefficient (Wildman–Crippen LogP) is 6.14. The first-order valence-electron chi connectivity index (χ1n) is 11.2. The Balaban J connectivity index is 1.72. The molecule has 1 amide bonds. The van der Waals surface area contributed by atoms with Gasteiger partial charge < -0.3 is 19.1 Å². The molecule has 0 N–H and O–H groups in total. The van der Waals surface area contributed by atoms with Gasteiger partial charge in [0.05, 0.1) is 23.9 Å². The van der Waals surface area contributed by atoms with Crippen LogP contribution in [0.15, 0.2) is 70.8 Å². The van der Waals surface area contributed by atoms with Gasteiger partial charge in [0, 0.05) is 12.0 Å². The third kappa shape index (κ3) is 7.37. The number of hydrogen-bond acceptors (Lipinski definition) is 6. The molecule has 0 aromatic heterocycles. The first-order chi connectivity index (χ1) is 17.2. The maximum Gasteiger partial charge on any atom is 0.468 e. The van der Waals surface area contributed by atoms with Gasteiger partial charge in [-0.05, 0) is 43.0 Å². The molecule has 2 aromatic carbocycles. The fourth-order valence-corrected chi connectivity index (χ4v) is 3.56. The molecule has 12 heteroatoms. The number of benzene rings is 2. The Morgan fingerprint density at radius 1 is 1.17 bits per heavy atom. The van der Waals surface area contributed by atoms with Crippen LogP contribution in [-0.4, -0.2) is 54.6 Å². The van der Waals surface area contributed by atoms with Gasteiger partial charge in [-0.25, -0.2) is 9.79 Å². The van der Waals surface area contributed by atoms with Crippen molar-refractivity contribution in [2.24, 2.45) is 10.1 Å². The van der Waals surface area contributed by atoms with E-state index < -0.39 is 42.6 Å². The van der Waals surface area contributed by atoms with Crippen LogP contribution in [0.1, 0.15) is 25.3 Å². The minimum atomic E-state index is -4.92. The number of ether oxygens (including phenoxy) is 3. The summed E-state index contributed by atoms with van der Waals surface area (Å²) < 4.78 is 57.4. The largest absolute Gasteiger partial charge is 0.468 e. The van der Waals surface area contributed by atoms with Crippen molar-refractivity contribution in [1.29, 1.82) is 0 Å². The first-order valence-corrected chi connectivity index (χ1v) is 11.2. The average Bonchev–Trinajstić information content (AvgIpc) is 2.87. The van der Waals surface area contributed by atoms with Crippen LogP contribution in [-0.2, 0) is 20.8 Å². The molecule has 0 aliphatic carbocycles. The standard InChI is InChI=1S/C24H26F3N5O4/c1-16(32(2)23(33)34-15-17-9-5-3-6-10-17)20-14-13-19(30-31-28)21(35-20)36-22(24(25,26)27)29-18-11-7-4-8-12-18/h3-12,16,19-21H,13-15H2,1-2H3/t16-,19+,20-,21?/m0/s1. The number of carbonyl (C=O) groups excluding carboxylic acids is 1. The summed E-state index contributed by atoms with van der Waals surface area (Å²) in [5, 5.41) is 3.55. The number of aliphatic imine (C=N–C) groups is 1. The van der Waals surface area contributed by atoms with Gasteiger partial charge in [-0.1, -0.05) is 53.6 Å². The maximum atomic E-state index is 13.7. The van der Waals surface area contributed by atoms with Gasteiger partial charge in [0.15, 0.2) is 0 Å². The molecule has 1 aliphatic rings. The van der Waals surface area contributed by atoms with Crippen molar-refractivity contribution in [2.75, 3.05) is 7.05 Å². The van der Waals surface area contributed by atoms with Gasteiger partial charge in [0.25, 0.3) is 5.90 Å². The van der Waals surface area contributed by atoms with Gasteiger partial charge in [0.2, 0.25) is 6.29 Å². The summed E-state index contributed by atoms with van der Waals surface area (Å²) in [6.07, 6.45) is -7.30. The van der Waals surface area contributed by atoms with E-state index in [0.717, 1.165) is 5.56 Å². The van der Waals surface area contributed by atoms with E-state index in [-0.39, 0.29) is 18.7 Å². The van der Waals surface area contributed by atoms with Crippen LogP contribution in [0.2, 0.25) is 0 Å². The van der Waals surface area contributed by atoms with E-state index in [1.165, 1.54) is 36.2 Å². The molecule has 3 rings (SSSR count).